The second kappa shape index (κ2) is 9.21. The van der Waals surface area contributed by atoms with Crippen LogP contribution in [0.4, 0.5) is 13.2 Å². The molecule has 0 aliphatic carbocycles. The summed E-state index contributed by atoms with van der Waals surface area (Å²) in [5, 5.41) is 0. The Morgan fingerprint density at radius 3 is 2.10 bits per heavy atom. The quantitative estimate of drug-likeness (QED) is 0.552. The third-order valence-corrected chi connectivity index (χ3v) is 5.62. The maximum absolute atomic E-state index is 13.8. The third-order valence-electron chi connectivity index (χ3n) is 4.20. The van der Waals surface area contributed by atoms with Gasteiger partial charge < -0.3 is 4.74 Å². The molecule has 0 aliphatic rings. The highest BCUT2D eigenvalue weighted by molar-refractivity contribution is 7.89. The molecule has 0 unspecified atom stereocenters. The number of sulfonamides is 1. The molecule has 0 spiro atoms. The van der Waals surface area contributed by atoms with E-state index < -0.39 is 32.4 Å². The van der Waals surface area contributed by atoms with Crippen LogP contribution in [0.2, 0.25) is 0 Å². The standard InChI is InChI=1S/C21H18F3NO3S/c22-18-10-20(24)21(11-19(18)23)29(26,27)25-12-16-8-4-5-9-17(16)14-28-13-15-6-2-1-3-7-15/h1-11,25H,12-14H2. The lowest BCUT2D eigenvalue weighted by atomic mass is 10.1. The maximum Gasteiger partial charge on any atom is 0.243 e. The first-order valence-corrected chi connectivity index (χ1v) is 10.2. The van der Waals surface area contributed by atoms with Crippen molar-refractivity contribution in [3.8, 4) is 0 Å². The van der Waals surface area contributed by atoms with Crippen LogP contribution in [-0.4, -0.2) is 8.42 Å². The molecule has 0 aliphatic heterocycles. The van der Waals surface area contributed by atoms with Gasteiger partial charge in [0.15, 0.2) is 11.6 Å². The number of ether oxygens (including phenoxy) is 1. The largest absolute Gasteiger partial charge is 0.372 e. The molecule has 4 nitrogen and oxygen atoms in total. The van der Waals surface area contributed by atoms with Crippen LogP contribution in [0.15, 0.2) is 71.6 Å². The molecule has 3 rings (SSSR count). The van der Waals surface area contributed by atoms with Crippen molar-refractivity contribution in [3.63, 3.8) is 0 Å². The molecule has 3 aromatic rings. The predicted molar refractivity (Wildman–Crippen MR) is 102 cm³/mol. The summed E-state index contributed by atoms with van der Waals surface area (Å²) < 4.78 is 72.8. The predicted octanol–water partition coefficient (Wildman–Crippen LogP) is 4.30. The minimum Gasteiger partial charge on any atom is -0.372 e. The molecule has 0 atom stereocenters. The van der Waals surface area contributed by atoms with Crippen molar-refractivity contribution < 1.29 is 26.3 Å². The first-order valence-electron chi connectivity index (χ1n) is 8.69. The maximum atomic E-state index is 13.8. The Hall–Kier alpha value is -2.68. The lowest BCUT2D eigenvalue weighted by Gasteiger charge is -2.12. The minimum absolute atomic E-state index is 0.161. The first-order chi connectivity index (χ1) is 13.9. The summed E-state index contributed by atoms with van der Waals surface area (Å²) in [6, 6.07) is 17.1. The Balaban J connectivity index is 1.68. The molecular weight excluding hydrogens is 403 g/mol. The van der Waals surface area contributed by atoms with Gasteiger partial charge in [-0.15, -0.1) is 0 Å². The van der Waals surface area contributed by atoms with Crippen molar-refractivity contribution in [2.75, 3.05) is 0 Å². The summed E-state index contributed by atoms with van der Waals surface area (Å²) in [6.07, 6.45) is 0. The molecule has 1 N–H and O–H groups in total. The molecular formula is C21H18F3NO3S. The van der Waals surface area contributed by atoms with Gasteiger partial charge in [0.1, 0.15) is 10.7 Å². The number of hydrogen-bond acceptors (Lipinski definition) is 3. The molecule has 0 bridgehead atoms. The number of rotatable bonds is 8. The van der Waals surface area contributed by atoms with Crippen molar-refractivity contribution in [3.05, 3.63) is 101 Å². The Morgan fingerprint density at radius 2 is 1.38 bits per heavy atom. The van der Waals surface area contributed by atoms with Crippen LogP contribution in [-0.2, 0) is 34.5 Å². The van der Waals surface area contributed by atoms with Crippen LogP contribution in [0.1, 0.15) is 16.7 Å². The SMILES string of the molecule is O=S(=O)(NCc1ccccc1COCc1ccccc1)c1cc(F)c(F)cc1F. The van der Waals surface area contributed by atoms with Gasteiger partial charge in [0, 0.05) is 12.6 Å². The number of benzene rings is 3. The molecule has 0 amide bonds. The number of halogens is 3. The van der Waals surface area contributed by atoms with Gasteiger partial charge in [0.2, 0.25) is 10.0 Å². The molecule has 0 fully saturated rings. The summed E-state index contributed by atoms with van der Waals surface area (Å²) in [7, 11) is -4.38. The monoisotopic (exact) mass is 421 g/mol. The number of nitrogens with one attached hydrogen (secondary N) is 1. The van der Waals surface area contributed by atoms with Gasteiger partial charge in [0.05, 0.1) is 13.2 Å². The zero-order valence-electron chi connectivity index (χ0n) is 15.2. The van der Waals surface area contributed by atoms with Crippen LogP contribution in [0.25, 0.3) is 0 Å². The van der Waals surface area contributed by atoms with E-state index in [0.29, 0.717) is 18.2 Å². The topological polar surface area (TPSA) is 55.4 Å². The van der Waals surface area contributed by atoms with Crippen LogP contribution < -0.4 is 4.72 Å². The van der Waals surface area contributed by atoms with E-state index in [2.05, 4.69) is 4.72 Å². The molecule has 0 saturated heterocycles. The molecule has 3 aromatic carbocycles. The Kier molecular flexibility index (Phi) is 6.68. The van der Waals surface area contributed by atoms with Gasteiger partial charge in [-0.3, -0.25) is 0 Å². The van der Waals surface area contributed by atoms with Crippen LogP contribution >= 0.6 is 0 Å². The molecule has 0 aromatic heterocycles. The smallest absolute Gasteiger partial charge is 0.243 e. The van der Waals surface area contributed by atoms with Crippen LogP contribution in [0, 0.1) is 17.5 Å². The first kappa shape index (κ1) is 21.0. The number of hydrogen-bond donors (Lipinski definition) is 1. The lowest BCUT2D eigenvalue weighted by molar-refractivity contribution is 0.106. The van der Waals surface area contributed by atoms with Gasteiger partial charge >= 0.3 is 0 Å². The lowest BCUT2D eigenvalue weighted by Crippen LogP contribution is -2.25. The zero-order chi connectivity index (χ0) is 20.9. The van der Waals surface area contributed by atoms with Crippen molar-refractivity contribution >= 4 is 10.0 Å². The minimum atomic E-state index is -4.38. The fourth-order valence-electron chi connectivity index (χ4n) is 2.68. The highest BCUT2D eigenvalue weighted by Crippen LogP contribution is 2.19. The van der Waals surface area contributed by atoms with Crippen molar-refractivity contribution in [2.24, 2.45) is 0 Å². The highest BCUT2D eigenvalue weighted by Gasteiger charge is 2.22. The fourth-order valence-corrected chi connectivity index (χ4v) is 3.76. The van der Waals surface area contributed by atoms with Gasteiger partial charge in [-0.05, 0) is 22.8 Å². The average Bonchev–Trinajstić information content (AvgIpc) is 2.71. The van der Waals surface area contributed by atoms with E-state index in [0.717, 1.165) is 11.1 Å². The molecule has 0 saturated carbocycles. The van der Waals surface area contributed by atoms with Gasteiger partial charge in [-0.1, -0.05) is 54.6 Å². The van der Waals surface area contributed by atoms with E-state index in [9.17, 15) is 21.6 Å². The van der Waals surface area contributed by atoms with Crippen LogP contribution in [0.3, 0.4) is 0 Å². The van der Waals surface area contributed by atoms with Crippen molar-refractivity contribution in [1.29, 1.82) is 0 Å². The zero-order valence-corrected chi connectivity index (χ0v) is 16.1. The second-order valence-corrected chi connectivity index (χ2v) is 8.00. The van der Waals surface area contributed by atoms with Crippen molar-refractivity contribution in [1.82, 2.24) is 4.72 Å². The van der Waals surface area contributed by atoms with Crippen molar-refractivity contribution in [2.45, 2.75) is 24.7 Å². The van der Waals surface area contributed by atoms with E-state index in [-0.39, 0.29) is 19.2 Å². The summed E-state index contributed by atoms with van der Waals surface area (Å²) in [5.41, 5.74) is 2.36. The Morgan fingerprint density at radius 1 is 0.759 bits per heavy atom. The van der Waals surface area contributed by atoms with Crippen LogP contribution in [0.5, 0.6) is 0 Å². The van der Waals surface area contributed by atoms with Gasteiger partial charge in [-0.25, -0.2) is 26.3 Å². The molecule has 29 heavy (non-hydrogen) atoms. The Labute approximate surface area is 167 Å². The highest BCUT2D eigenvalue weighted by atomic mass is 32.2. The molecule has 0 radical (unpaired) electrons. The summed E-state index contributed by atoms with van der Waals surface area (Å²) in [4.78, 5) is -0.950. The van der Waals surface area contributed by atoms with E-state index in [1.54, 1.807) is 24.3 Å². The normalized spacial score (nSPS) is 11.6. The third kappa shape index (κ3) is 5.44. The molecule has 8 heteroatoms. The average molecular weight is 421 g/mol. The van der Waals surface area contributed by atoms with E-state index >= 15 is 0 Å². The summed E-state index contributed by atoms with van der Waals surface area (Å²) in [5.74, 6) is -4.26. The van der Waals surface area contributed by atoms with Gasteiger partial charge in [-0.2, -0.15) is 0 Å². The van der Waals surface area contributed by atoms with Gasteiger partial charge in [0.25, 0.3) is 0 Å². The summed E-state index contributed by atoms with van der Waals surface area (Å²) >= 11 is 0. The van der Waals surface area contributed by atoms with E-state index in [1.165, 1.54) is 0 Å². The molecule has 0 heterocycles. The second-order valence-electron chi connectivity index (χ2n) is 6.27. The fraction of sp³-hybridized carbons (Fsp3) is 0.143. The Bertz CT molecular complexity index is 1090. The van der Waals surface area contributed by atoms with E-state index in [1.807, 2.05) is 30.3 Å². The van der Waals surface area contributed by atoms with E-state index in [4.69, 9.17) is 4.74 Å². The summed E-state index contributed by atoms with van der Waals surface area (Å²) in [6.45, 7) is 0.471. The molecule has 152 valence electrons.